The molecule has 10 aromatic carbocycles. The maximum Gasteiger partial charge on any atom is 0.208 e. The Hall–Kier alpha value is -7.96. The highest BCUT2D eigenvalue weighted by atomic mass is 16.4. The summed E-state index contributed by atoms with van der Waals surface area (Å²) in [5, 5.41) is 60.3. The van der Waals surface area contributed by atoms with Gasteiger partial charge in [0.05, 0.1) is 5.56 Å². The topological polar surface area (TPSA) is 114 Å². The van der Waals surface area contributed by atoms with E-state index in [1.54, 1.807) is 6.07 Å². The van der Waals surface area contributed by atoms with E-state index in [9.17, 15) is 25.5 Å². The van der Waals surface area contributed by atoms with Crippen LogP contribution in [-0.4, -0.2) is 25.5 Å². The van der Waals surface area contributed by atoms with Crippen molar-refractivity contribution < 1.29 is 29.9 Å². The lowest BCUT2D eigenvalue weighted by atomic mass is 9.86. The number of rotatable bonds is 5. The first-order valence-corrected chi connectivity index (χ1v) is 19.0. The molecule has 6 nitrogen and oxygen atoms in total. The van der Waals surface area contributed by atoms with E-state index in [-0.39, 0.29) is 5.56 Å². The van der Waals surface area contributed by atoms with Crippen LogP contribution in [0.2, 0.25) is 0 Å². The molecule has 1 heterocycles. The van der Waals surface area contributed by atoms with Gasteiger partial charge in [-0.05, 0) is 101 Å². The predicted octanol–water partition coefficient (Wildman–Crippen LogP) is 13.3. The SMILES string of the molecule is Oc1c(O)c(O)c(-c2ccc3ccc4c(-c5cccc6oc7c(-c8cc(-c9ccccc9)cc(-c9ccccc9)c8)cccc7c56)ccc5ccc2c3c54)c(O)c1O. The van der Waals surface area contributed by atoms with E-state index in [1.807, 2.05) is 42.5 Å². The van der Waals surface area contributed by atoms with Gasteiger partial charge in [0.25, 0.3) is 0 Å². The zero-order valence-corrected chi connectivity index (χ0v) is 30.7. The van der Waals surface area contributed by atoms with E-state index in [1.165, 1.54) is 0 Å². The zero-order valence-electron chi connectivity index (χ0n) is 30.7. The molecule has 0 atom stereocenters. The summed E-state index contributed by atoms with van der Waals surface area (Å²) < 4.78 is 6.83. The molecule has 0 spiro atoms. The second-order valence-corrected chi connectivity index (χ2v) is 14.8. The lowest BCUT2D eigenvalue weighted by molar-refractivity contribution is 0.330. The van der Waals surface area contributed by atoms with E-state index in [2.05, 4.69) is 115 Å². The van der Waals surface area contributed by atoms with Gasteiger partial charge in [-0.15, -0.1) is 0 Å². The molecule has 0 unspecified atom stereocenters. The standard InChI is InChI=1S/C52H32O6/c53-47-46(48(54)50(56)51(57)49(47)55)40-24-20-31-18-22-38-36(21-17-30-19-23-39(40)44(31)43(30)38)37-14-8-16-42-45(37)41-15-7-13-35(52(41)58-42)34-26-32(28-9-3-1-4-10-28)25-33(27-34)29-11-5-2-6-12-29/h1-27,53-57H. The highest BCUT2D eigenvalue weighted by molar-refractivity contribution is 6.29. The van der Waals surface area contributed by atoms with Crippen LogP contribution >= 0.6 is 0 Å². The van der Waals surface area contributed by atoms with Gasteiger partial charge in [-0.2, -0.15) is 0 Å². The summed E-state index contributed by atoms with van der Waals surface area (Å²) in [6.07, 6.45) is 0. The van der Waals surface area contributed by atoms with Crippen molar-refractivity contribution in [3.63, 3.8) is 0 Å². The van der Waals surface area contributed by atoms with Crippen molar-refractivity contribution >= 4 is 54.3 Å². The van der Waals surface area contributed by atoms with Crippen LogP contribution in [0.25, 0.3) is 110 Å². The van der Waals surface area contributed by atoms with Gasteiger partial charge in [-0.1, -0.05) is 140 Å². The molecule has 276 valence electrons. The van der Waals surface area contributed by atoms with Crippen LogP contribution in [-0.2, 0) is 0 Å². The molecular formula is C52H32O6. The van der Waals surface area contributed by atoms with Crippen molar-refractivity contribution in [1.82, 2.24) is 0 Å². The van der Waals surface area contributed by atoms with Gasteiger partial charge >= 0.3 is 0 Å². The van der Waals surface area contributed by atoms with Crippen molar-refractivity contribution in [2.45, 2.75) is 0 Å². The van der Waals surface area contributed by atoms with Crippen molar-refractivity contribution in [3.8, 4) is 84.4 Å². The van der Waals surface area contributed by atoms with E-state index >= 15 is 0 Å². The second-order valence-electron chi connectivity index (χ2n) is 14.8. The van der Waals surface area contributed by atoms with Crippen LogP contribution in [0.1, 0.15) is 0 Å². The number of phenolic OH excluding ortho intramolecular Hbond substituents is 5. The van der Waals surface area contributed by atoms with Gasteiger partial charge < -0.3 is 29.9 Å². The van der Waals surface area contributed by atoms with Gasteiger partial charge in [0.2, 0.25) is 17.2 Å². The van der Waals surface area contributed by atoms with Gasteiger partial charge in [-0.25, -0.2) is 0 Å². The minimum atomic E-state index is -0.994. The predicted molar refractivity (Wildman–Crippen MR) is 233 cm³/mol. The number of hydrogen-bond acceptors (Lipinski definition) is 6. The van der Waals surface area contributed by atoms with Gasteiger partial charge in [0.1, 0.15) is 11.2 Å². The molecule has 0 aliphatic rings. The van der Waals surface area contributed by atoms with Gasteiger partial charge in [-0.3, -0.25) is 0 Å². The van der Waals surface area contributed by atoms with Crippen LogP contribution in [0.15, 0.2) is 168 Å². The molecule has 0 radical (unpaired) electrons. The Bertz CT molecular complexity index is 3350. The molecule has 0 aliphatic carbocycles. The largest absolute Gasteiger partial charge is 0.504 e. The Kier molecular flexibility index (Phi) is 7.21. The van der Waals surface area contributed by atoms with E-state index in [0.29, 0.717) is 10.9 Å². The number of hydrogen-bond donors (Lipinski definition) is 5. The van der Waals surface area contributed by atoms with E-state index in [0.717, 1.165) is 93.4 Å². The minimum Gasteiger partial charge on any atom is -0.504 e. The third-order valence-corrected chi connectivity index (χ3v) is 11.6. The van der Waals surface area contributed by atoms with Crippen LogP contribution in [0.5, 0.6) is 28.7 Å². The fraction of sp³-hybridized carbons (Fsp3) is 0. The molecule has 0 bridgehead atoms. The minimum absolute atomic E-state index is 0.179. The van der Waals surface area contributed by atoms with Gasteiger partial charge in [0.15, 0.2) is 11.5 Å². The van der Waals surface area contributed by atoms with Crippen molar-refractivity contribution in [1.29, 1.82) is 0 Å². The van der Waals surface area contributed by atoms with Crippen LogP contribution in [0, 0.1) is 0 Å². The summed E-state index contributed by atoms with van der Waals surface area (Å²) in [5.41, 5.74) is 10.4. The highest BCUT2D eigenvalue weighted by Crippen LogP contribution is 2.56. The Labute approximate surface area is 331 Å². The first kappa shape index (κ1) is 33.4. The number of furan rings is 1. The molecule has 0 aliphatic heterocycles. The quantitative estimate of drug-likeness (QED) is 0.0679. The van der Waals surface area contributed by atoms with Gasteiger partial charge in [0, 0.05) is 16.3 Å². The molecule has 11 rings (SSSR count). The molecule has 5 N–H and O–H groups in total. The summed E-state index contributed by atoms with van der Waals surface area (Å²) in [5.74, 6) is -4.29. The average Bonchev–Trinajstić information content (AvgIpc) is 3.67. The molecular weight excluding hydrogens is 721 g/mol. The lowest BCUT2D eigenvalue weighted by Crippen LogP contribution is -1.91. The molecule has 58 heavy (non-hydrogen) atoms. The average molecular weight is 753 g/mol. The highest BCUT2D eigenvalue weighted by Gasteiger charge is 2.27. The second kappa shape index (κ2) is 12.5. The Morgan fingerprint density at radius 2 is 0.810 bits per heavy atom. The molecule has 0 fully saturated rings. The van der Waals surface area contributed by atoms with Crippen LogP contribution in [0.4, 0.5) is 0 Å². The number of para-hydroxylation sites is 1. The summed E-state index contributed by atoms with van der Waals surface area (Å²) in [6.45, 7) is 0. The monoisotopic (exact) mass is 752 g/mol. The molecule has 0 saturated carbocycles. The Balaban J connectivity index is 1.13. The summed E-state index contributed by atoms with van der Waals surface area (Å²) in [7, 11) is 0. The van der Waals surface area contributed by atoms with E-state index < -0.39 is 28.7 Å². The zero-order chi connectivity index (χ0) is 39.2. The smallest absolute Gasteiger partial charge is 0.208 e. The Morgan fingerprint density at radius 1 is 0.310 bits per heavy atom. The van der Waals surface area contributed by atoms with E-state index in [4.69, 9.17) is 4.42 Å². The molecule has 11 aromatic rings. The fourth-order valence-corrected chi connectivity index (χ4v) is 8.87. The summed E-state index contributed by atoms with van der Waals surface area (Å²) in [4.78, 5) is 0. The number of aromatic hydroxyl groups is 5. The first-order valence-electron chi connectivity index (χ1n) is 19.0. The number of fused-ring (bicyclic) bond motifs is 3. The van der Waals surface area contributed by atoms with Crippen molar-refractivity contribution in [2.24, 2.45) is 0 Å². The maximum atomic E-state index is 10.9. The molecule has 0 saturated heterocycles. The lowest BCUT2D eigenvalue weighted by Gasteiger charge is -2.18. The third-order valence-electron chi connectivity index (χ3n) is 11.6. The maximum absolute atomic E-state index is 10.9. The normalized spacial score (nSPS) is 11.8. The fourth-order valence-electron chi connectivity index (χ4n) is 8.87. The first-order chi connectivity index (χ1) is 28.4. The van der Waals surface area contributed by atoms with Crippen molar-refractivity contribution in [2.75, 3.05) is 0 Å². The third kappa shape index (κ3) is 4.85. The molecule has 0 amide bonds. The molecule has 1 aromatic heterocycles. The molecule has 6 heteroatoms. The summed E-state index contributed by atoms with van der Waals surface area (Å²) in [6, 6.07) is 56.0. The van der Waals surface area contributed by atoms with Crippen LogP contribution in [0.3, 0.4) is 0 Å². The number of benzene rings is 10. The van der Waals surface area contributed by atoms with Crippen molar-refractivity contribution in [3.05, 3.63) is 164 Å². The summed E-state index contributed by atoms with van der Waals surface area (Å²) >= 11 is 0. The number of phenols is 5. The Morgan fingerprint density at radius 3 is 1.43 bits per heavy atom. The van der Waals surface area contributed by atoms with Crippen LogP contribution < -0.4 is 0 Å².